The molecule has 136 valence electrons. The number of aliphatic imine (C=N–C) groups is 1. The van der Waals surface area contributed by atoms with Crippen molar-refractivity contribution in [1.82, 2.24) is 25.0 Å². The SMILES string of the molecule is CCCN=C(NCCn1cnnc1CC)N(C)Cc1ccccc1Br. The molecule has 0 saturated carbocycles. The minimum atomic E-state index is 0.786. The molecule has 0 fully saturated rings. The first kappa shape index (κ1) is 19.4. The number of hydrogen-bond acceptors (Lipinski definition) is 3. The Hall–Kier alpha value is -1.89. The molecule has 6 nitrogen and oxygen atoms in total. The lowest BCUT2D eigenvalue weighted by Gasteiger charge is -2.23. The zero-order valence-electron chi connectivity index (χ0n) is 15.2. The van der Waals surface area contributed by atoms with Crippen LogP contribution in [0.2, 0.25) is 0 Å². The normalized spacial score (nSPS) is 11.6. The summed E-state index contributed by atoms with van der Waals surface area (Å²) in [5.41, 5.74) is 1.24. The smallest absolute Gasteiger partial charge is 0.194 e. The highest BCUT2D eigenvalue weighted by Gasteiger charge is 2.09. The quantitative estimate of drug-likeness (QED) is 0.540. The van der Waals surface area contributed by atoms with Crippen molar-refractivity contribution in [3.05, 3.63) is 46.5 Å². The number of rotatable bonds is 8. The van der Waals surface area contributed by atoms with Crippen LogP contribution in [0.5, 0.6) is 0 Å². The molecular formula is C18H27BrN6. The summed E-state index contributed by atoms with van der Waals surface area (Å²) in [6.45, 7) is 7.45. The Balaban J connectivity index is 1.97. The fourth-order valence-corrected chi connectivity index (χ4v) is 2.92. The molecule has 2 aromatic rings. The van der Waals surface area contributed by atoms with E-state index in [9.17, 15) is 0 Å². The maximum Gasteiger partial charge on any atom is 0.194 e. The van der Waals surface area contributed by atoms with E-state index in [2.05, 4.69) is 80.0 Å². The zero-order chi connectivity index (χ0) is 18.1. The number of guanidine groups is 1. The highest BCUT2D eigenvalue weighted by Crippen LogP contribution is 2.17. The molecule has 0 saturated heterocycles. The Morgan fingerprint density at radius 1 is 1.32 bits per heavy atom. The van der Waals surface area contributed by atoms with Crippen LogP contribution in [0.25, 0.3) is 0 Å². The van der Waals surface area contributed by atoms with E-state index in [-0.39, 0.29) is 0 Å². The van der Waals surface area contributed by atoms with Crippen LogP contribution in [-0.4, -0.2) is 45.8 Å². The summed E-state index contributed by atoms with van der Waals surface area (Å²) in [5.74, 6) is 1.93. The maximum absolute atomic E-state index is 4.71. The fraction of sp³-hybridized carbons (Fsp3) is 0.500. The van der Waals surface area contributed by atoms with Gasteiger partial charge in [-0.3, -0.25) is 4.99 Å². The Morgan fingerprint density at radius 2 is 2.12 bits per heavy atom. The van der Waals surface area contributed by atoms with E-state index in [0.29, 0.717) is 0 Å². The van der Waals surface area contributed by atoms with Gasteiger partial charge in [0, 0.05) is 44.1 Å². The molecule has 1 aromatic heterocycles. The monoisotopic (exact) mass is 406 g/mol. The second-order valence-corrected chi connectivity index (χ2v) is 6.73. The predicted octanol–water partition coefficient (Wildman–Crippen LogP) is 3.09. The highest BCUT2D eigenvalue weighted by molar-refractivity contribution is 9.10. The lowest BCUT2D eigenvalue weighted by atomic mass is 10.2. The van der Waals surface area contributed by atoms with Gasteiger partial charge in [-0.2, -0.15) is 0 Å². The first-order chi connectivity index (χ1) is 12.2. The van der Waals surface area contributed by atoms with E-state index in [0.717, 1.165) is 55.3 Å². The van der Waals surface area contributed by atoms with Crippen LogP contribution in [0.3, 0.4) is 0 Å². The lowest BCUT2D eigenvalue weighted by Crippen LogP contribution is -2.40. The van der Waals surface area contributed by atoms with Crippen molar-refractivity contribution in [1.29, 1.82) is 0 Å². The third kappa shape index (κ3) is 5.85. The van der Waals surface area contributed by atoms with Crippen LogP contribution in [0.15, 0.2) is 40.1 Å². The first-order valence-electron chi connectivity index (χ1n) is 8.75. The molecule has 0 atom stereocenters. The molecule has 0 aliphatic carbocycles. The molecule has 1 heterocycles. The van der Waals surface area contributed by atoms with E-state index in [1.807, 2.05) is 6.07 Å². The van der Waals surface area contributed by atoms with Crippen molar-refractivity contribution in [2.75, 3.05) is 20.1 Å². The lowest BCUT2D eigenvalue weighted by molar-refractivity contribution is 0.469. The Bertz CT molecular complexity index is 682. The van der Waals surface area contributed by atoms with Gasteiger partial charge in [0.05, 0.1) is 0 Å². The summed E-state index contributed by atoms with van der Waals surface area (Å²) < 4.78 is 3.20. The average molecular weight is 407 g/mol. The molecule has 7 heteroatoms. The van der Waals surface area contributed by atoms with Gasteiger partial charge >= 0.3 is 0 Å². The zero-order valence-corrected chi connectivity index (χ0v) is 16.8. The molecule has 0 aliphatic rings. The van der Waals surface area contributed by atoms with Crippen molar-refractivity contribution in [3.63, 3.8) is 0 Å². The van der Waals surface area contributed by atoms with Crippen LogP contribution in [0.4, 0.5) is 0 Å². The van der Waals surface area contributed by atoms with E-state index < -0.39 is 0 Å². The summed E-state index contributed by atoms with van der Waals surface area (Å²) in [5, 5.41) is 11.6. The molecule has 0 unspecified atom stereocenters. The molecule has 1 N–H and O–H groups in total. The van der Waals surface area contributed by atoms with Crippen molar-refractivity contribution < 1.29 is 0 Å². The molecule has 0 aliphatic heterocycles. The minimum absolute atomic E-state index is 0.786. The van der Waals surface area contributed by atoms with Gasteiger partial charge in [0.2, 0.25) is 0 Å². The highest BCUT2D eigenvalue weighted by atomic mass is 79.9. The molecule has 1 aromatic carbocycles. The summed E-state index contributed by atoms with van der Waals surface area (Å²) in [4.78, 5) is 6.86. The van der Waals surface area contributed by atoms with E-state index in [1.165, 1.54) is 5.56 Å². The second-order valence-electron chi connectivity index (χ2n) is 5.87. The van der Waals surface area contributed by atoms with E-state index in [4.69, 9.17) is 4.99 Å². The van der Waals surface area contributed by atoms with E-state index >= 15 is 0 Å². The van der Waals surface area contributed by atoms with Gasteiger partial charge in [-0.15, -0.1) is 10.2 Å². The van der Waals surface area contributed by atoms with Gasteiger partial charge < -0.3 is 14.8 Å². The number of aromatic nitrogens is 3. The summed E-state index contributed by atoms with van der Waals surface area (Å²) in [7, 11) is 2.07. The number of halogens is 1. The minimum Gasteiger partial charge on any atom is -0.354 e. The summed E-state index contributed by atoms with van der Waals surface area (Å²) in [6, 6.07) is 8.28. The predicted molar refractivity (Wildman–Crippen MR) is 106 cm³/mol. The second kappa shape index (κ2) is 10.2. The van der Waals surface area contributed by atoms with Crippen LogP contribution in [-0.2, 0) is 19.5 Å². The molecular weight excluding hydrogens is 380 g/mol. The molecule has 0 spiro atoms. The number of nitrogens with one attached hydrogen (secondary N) is 1. The van der Waals surface area contributed by atoms with Crippen molar-refractivity contribution in [2.45, 2.75) is 39.8 Å². The number of benzene rings is 1. The maximum atomic E-state index is 4.71. The van der Waals surface area contributed by atoms with Crippen molar-refractivity contribution in [2.24, 2.45) is 4.99 Å². The van der Waals surface area contributed by atoms with Gasteiger partial charge in [-0.1, -0.05) is 48.0 Å². The Labute approximate surface area is 158 Å². The Kier molecular flexibility index (Phi) is 7.91. The van der Waals surface area contributed by atoms with Gasteiger partial charge in [-0.05, 0) is 18.1 Å². The molecule has 2 rings (SSSR count). The largest absolute Gasteiger partial charge is 0.354 e. The third-order valence-electron chi connectivity index (χ3n) is 3.86. The van der Waals surface area contributed by atoms with E-state index in [1.54, 1.807) is 6.33 Å². The Morgan fingerprint density at radius 3 is 2.84 bits per heavy atom. The van der Waals surface area contributed by atoms with Crippen LogP contribution >= 0.6 is 15.9 Å². The van der Waals surface area contributed by atoms with Gasteiger partial charge in [0.25, 0.3) is 0 Å². The first-order valence-corrected chi connectivity index (χ1v) is 9.54. The molecule has 0 amide bonds. The summed E-state index contributed by atoms with van der Waals surface area (Å²) >= 11 is 3.62. The third-order valence-corrected chi connectivity index (χ3v) is 4.63. The van der Waals surface area contributed by atoms with Crippen LogP contribution < -0.4 is 5.32 Å². The number of hydrogen-bond donors (Lipinski definition) is 1. The van der Waals surface area contributed by atoms with Crippen molar-refractivity contribution in [3.8, 4) is 0 Å². The standard InChI is InChI=1S/C18H27BrN6/c1-4-10-20-18(21-11-12-25-14-22-23-17(25)5-2)24(3)13-15-8-6-7-9-16(15)19/h6-9,14H,4-5,10-13H2,1-3H3,(H,20,21). The van der Waals surface area contributed by atoms with Crippen LogP contribution in [0.1, 0.15) is 31.7 Å². The van der Waals surface area contributed by atoms with Crippen molar-refractivity contribution >= 4 is 21.9 Å². The number of nitrogens with zero attached hydrogens (tertiary/aromatic N) is 5. The van der Waals surface area contributed by atoms with Gasteiger partial charge in [-0.25, -0.2) is 0 Å². The molecule has 0 bridgehead atoms. The average Bonchev–Trinajstić information content (AvgIpc) is 3.07. The fourth-order valence-electron chi connectivity index (χ4n) is 2.51. The molecule has 25 heavy (non-hydrogen) atoms. The molecule has 0 radical (unpaired) electrons. The topological polar surface area (TPSA) is 58.3 Å². The summed E-state index contributed by atoms with van der Waals surface area (Å²) in [6.07, 6.45) is 3.70. The van der Waals surface area contributed by atoms with Gasteiger partial charge in [0.1, 0.15) is 12.2 Å². The van der Waals surface area contributed by atoms with Gasteiger partial charge in [0.15, 0.2) is 5.96 Å². The van der Waals surface area contributed by atoms with Crippen LogP contribution in [0, 0.1) is 0 Å². The number of aryl methyl sites for hydroxylation is 1.